The summed E-state index contributed by atoms with van der Waals surface area (Å²) in [4.78, 5) is 21.5. The van der Waals surface area contributed by atoms with Gasteiger partial charge in [-0.1, -0.05) is 47.5 Å². The third-order valence-corrected chi connectivity index (χ3v) is 5.47. The number of nitrogens with two attached hydrogens (primary N) is 1. The largest absolute Gasteiger partial charge is 0.382 e. The highest BCUT2D eigenvalue weighted by Gasteiger charge is 2.33. The molecule has 1 aliphatic rings. The van der Waals surface area contributed by atoms with Crippen molar-refractivity contribution in [3.8, 4) is 0 Å². The zero-order valence-electron chi connectivity index (χ0n) is 16.0. The van der Waals surface area contributed by atoms with Crippen molar-refractivity contribution in [2.75, 3.05) is 0 Å². The number of aliphatic imine (C=N–C) groups is 1. The van der Waals surface area contributed by atoms with Crippen LogP contribution in [0.4, 0.5) is 0 Å². The number of fused-ring (bicyclic) bond motifs is 1. The van der Waals surface area contributed by atoms with Crippen LogP contribution in [0.1, 0.15) is 39.9 Å². The number of hydrogen-bond donors (Lipinski definition) is 1. The molecule has 0 amide bonds. The van der Waals surface area contributed by atoms with E-state index in [0.29, 0.717) is 17.4 Å². The molecule has 1 aromatic carbocycles. The van der Waals surface area contributed by atoms with Crippen molar-refractivity contribution in [2.24, 2.45) is 10.7 Å². The number of carbonyl (C=O) groups excluding carboxylic acids is 1. The first kappa shape index (κ1) is 19.6. The molecular weight excluding hydrogens is 409 g/mol. The summed E-state index contributed by atoms with van der Waals surface area (Å²) >= 11 is 12.0. The van der Waals surface area contributed by atoms with E-state index in [1.165, 1.54) is 12.3 Å². The molecule has 2 N–H and O–H groups in total. The summed E-state index contributed by atoms with van der Waals surface area (Å²) in [6.45, 7) is 4.51. The summed E-state index contributed by atoms with van der Waals surface area (Å²) in [7, 11) is 0. The van der Waals surface area contributed by atoms with Crippen LogP contribution < -0.4 is 5.73 Å². The van der Waals surface area contributed by atoms with Crippen molar-refractivity contribution in [1.29, 1.82) is 0 Å². The molecule has 148 valence electrons. The van der Waals surface area contributed by atoms with E-state index in [9.17, 15) is 4.79 Å². The Labute approximate surface area is 178 Å². The third-order valence-electron chi connectivity index (χ3n) is 4.97. The van der Waals surface area contributed by atoms with Crippen molar-refractivity contribution in [3.63, 3.8) is 0 Å². The fourth-order valence-corrected chi connectivity index (χ4v) is 4.07. The summed E-state index contributed by atoms with van der Waals surface area (Å²) in [6.07, 6.45) is 1.59. The van der Waals surface area contributed by atoms with Gasteiger partial charge in [0.15, 0.2) is 5.78 Å². The van der Waals surface area contributed by atoms with Gasteiger partial charge in [-0.15, -0.1) is 0 Å². The predicted molar refractivity (Wildman–Crippen MR) is 114 cm³/mol. The number of aryl methyl sites for hydroxylation is 1. The number of halogens is 2. The average molecular weight is 428 g/mol. The van der Waals surface area contributed by atoms with Crippen LogP contribution in [-0.2, 0) is 18.5 Å². The first-order chi connectivity index (χ1) is 13.7. The van der Waals surface area contributed by atoms with Crippen LogP contribution >= 0.6 is 23.2 Å². The third kappa shape index (κ3) is 3.78. The lowest BCUT2D eigenvalue weighted by Gasteiger charge is -2.31. The molecule has 29 heavy (non-hydrogen) atoms. The second kappa shape index (κ2) is 7.28. The van der Waals surface area contributed by atoms with E-state index in [0.717, 1.165) is 22.5 Å². The number of Topliss-reactive ketones (excluding diaryl/α,β-unsaturated/α-hetero) is 1. The second-order valence-electron chi connectivity index (χ2n) is 7.38. The molecule has 0 spiro atoms. The van der Waals surface area contributed by atoms with E-state index in [1.54, 1.807) is 0 Å². The number of rotatable bonds is 4. The number of amidine groups is 1. The molecule has 0 saturated carbocycles. The van der Waals surface area contributed by atoms with Crippen molar-refractivity contribution in [3.05, 3.63) is 80.8 Å². The molecule has 3 heterocycles. The Bertz CT molecular complexity index is 1150. The topological polar surface area (TPSA) is 86.2 Å². The highest BCUT2D eigenvalue weighted by Crippen LogP contribution is 2.32. The molecule has 2 aromatic heterocycles. The Morgan fingerprint density at radius 1 is 1.28 bits per heavy atom. The average Bonchev–Trinajstić information content (AvgIpc) is 3.02. The van der Waals surface area contributed by atoms with Gasteiger partial charge in [0.25, 0.3) is 0 Å². The van der Waals surface area contributed by atoms with Crippen molar-refractivity contribution in [1.82, 2.24) is 14.8 Å². The predicted octanol–water partition coefficient (Wildman–Crippen LogP) is 3.95. The minimum Gasteiger partial charge on any atom is -0.382 e. The molecule has 0 fully saturated rings. The van der Waals surface area contributed by atoms with Crippen LogP contribution in [0.15, 0.2) is 47.6 Å². The molecule has 0 radical (unpaired) electrons. The van der Waals surface area contributed by atoms with Gasteiger partial charge in [-0.2, -0.15) is 5.10 Å². The zero-order valence-corrected chi connectivity index (χ0v) is 17.5. The van der Waals surface area contributed by atoms with Crippen LogP contribution in [0.3, 0.4) is 0 Å². The van der Waals surface area contributed by atoms with Crippen LogP contribution in [0, 0.1) is 6.92 Å². The Kier molecular flexibility index (Phi) is 4.92. The van der Waals surface area contributed by atoms with Crippen molar-refractivity contribution in [2.45, 2.75) is 32.4 Å². The van der Waals surface area contributed by atoms with Gasteiger partial charge in [-0.05, 0) is 37.1 Å². The van der Waals surface area contributed by atoms with Crippen molar-refractivity contribution < 1.29 is 4.79 Å². The Balaban J connectivity index is 1.62. The lowest BCUT2D eigenvalue weighted by atomic mass is 9.89. The fourth-order valence-electron chi connectivity index (χ4n) is 3.58. The molecule has 1 atom stereocenters. The molecule has 0 bridgehead atoms. The van der Waals surface area contributed by atoms with Crippen molar-refractivity contribution >= 4 is 34.8 Å². The van der Waals surface area contributed by atoms with E-state index < -0.39 is 5.54 Å². The molecule has 8 heteroatoms. The summed E-state index contributed by atoms with van der Waals surface area (Å²) in [5.74, 6) is 0.281. The number of pyridine rings is 1. The Morgan fingerprint density at radius 3 is 2.83 bits per heavy atom. The molecule has 3 aromatic rings. The van der Waals surface area contributed by atoms with Gasteiger partial charge in [0.1, 0.15) is 22.8 Å². The standard InChI is InChI=1S/C21H19Cl2N5O/c1-12-6-17-20(24)26-21(2,11-28(17)27-12)14-5-3-4-13(7-14)8-18(29)19-16(23)9-15(22)10-25-19/h3-7,9-10H,8,11H2,1-2H3,(H2,24,26). The molecule has 1 unspecified atom stereocenters. The molecule has 4 rings (SSSR count). The first-order valence-electron chi connectivity index (χ1n) is 9.09. The molecular formula is C21H19Cl2N5O. The van der Waals surface area contributed by atoms with Gasteiger partial charge in [0, 0.05) is 12.6 Å². The van der Waals surface area contributed by atoms with E-state index in [-0.39, 0.29) is 22.9 Å². The monoisotopic (exact) mass is 427 g/mol. The Morgan fingerprint density at radius 2 is 2.07 bits per heavy atom. The van der Waals surface area contributed by atoms with Gasteiger partial charge in [0.05, 0.1) is 22.3 Å². The van der Waals surface area contributed by atoms with E-state index >= 15 is 0 Å². The van der Waals surface area contributed by atoms with E-state index in [4.69, 9.17) is 33.9 Å². The van der Waals surface area contributed by atoms with Gasteiger partial charge >= 0.3 is 0 Å². The fraction of sp³-hybridized carbons (Fsp3) is 0.238. The van der Waals surface area contributed by atoms with Gasteiger partial charge in [0.2, 0.25) is 0 Å². The highest BCUT2D eigenvalue weighted by molar-refractivity contribution is 6.36. The molecule has 6 nitrogen and oxygen atoms in total. The number of hydrogen-bond acceptors (Lipinski definition) is 5. The van der Waals surface area contributed by atoms with Gasteiger partial charge in [-0.3, -0.25) is 14.5 Å². The second-order valence-corrected chi connectivity index (χ2v) is 8.23. The van der Waals surface area contributed by atoms with Crippen LogP contribution in [0.5, 0.6) is 0 Å². The van der Waals surface area contributed by atoms with Crippen LogP contribution in [-0.4, -0.2) is 26.4 Å². The van der Waals surface area contributed by atoms with E-state index in [1.807, 2.05) is 48.9 Å². The first-order valence-corrected chi connectivity index (χ1v) is 9.84. The number of carbonyl (C=O) groups is 1. The summed E-state index contributed by atoms with van der Waals surface area (Å²) in [6, 6.07) is 11.2. The summed E-state index contributed by atoms with van der Waals surface area (Å²) < 4.78 is 1.88. The molecule has 0 saturated heterocycles. The number of benzene rings is 1. The summed E-state index contributed by atoms with van der Waals surface area (Å²) in [5.41, 5.74) is 9.36. The molecule has 1 aliphatic heterocycles. The van der Waals surface area contributed by atoms with Crippen LogP contribution in [0.25, 0.3) is 0 Å². The van der Waals surface area contributed by atoms with Gasteiger partial charge in [-0.25, -0.2) is 4.98 Å². The zero-order chi connectivity index (χ0) is 20.8. The van der Waals surface area contributed by atoms with E-state index in [2.05, 4.69) is 10.1 Å². The lowest BCUT2D eigenvalue weighted by Crippen LogP contribution is -2.37. The molecule has 0 aliphatic carbocycles. The Hall–Kier alpha value is -2.70. The minimum atomic E-state index is -0.579. The smallest absolute Gasteiger partial charge is 0.187 e. The quantitative estimate of drug-likeness (QED) is 0.638. The minimum absolute atomic E-state index is 0.170. The highest BCUT2D eigenvalue weighted by atomic mass is 35.5. The van der Waals surface area contributed by atoms with Crippen LogP contribution in [0.2, 0.25) is 10.0 Å². The maximum absolute atomic E-state index is 12.7. The normalized spacial score (nSPS) is 18.3. The number of ketones is 1. The lowest BCUT2D eigenvalue weighted by molar-refractivity contribution is 0.0988. The number of nitrogens with zero attached hydrogens (tertiary/aromatic N) is 4. The summed E-state index contributed by atoms with van der Waals surface area (Å²) in [5, 5.41) is 5.16. The maximum Gasteiger partial charge on any atom is 0.187 e. The SMILES string of the molecule is Cc1cc2n(n1)CC(C)(c1cccc(CC(=O)c3ncc(Cl)cc3Cl)c1)N=C2N. The van der Waals surface area contributed by atoms with Gasteiger partial charge < -0.3 is 5.73 Å². The number of aromatic nitrogens is 3. The maximum atomic E-state index is 12.7.